The second kappa shape index (κ2) is 9.23. The molecule has 150 valence electrons. The molecule has 3 rings (SSSR count). The van der Waals surface area contributed by atoms with Crippen LogP contribution in [-0.2, 0) is 0 Å². The largest absolute Gasteiger partial charge is 0.489 e. The van der Waals surface area contributed by atoms with Crippen molar-refractivity contribution in [2.24, 2.45) is 0 Å². The predicted octanol–water partition coefficient (Wildman–Crippen LogP) is 5.23. The molecule has 0 aliphatic heterocycles. The fourth-order valence-corrected chi connectivity index (χ4v) is 3.12. The molecule has 7 nitrogen and oxygen atoms in total. The molecular formula is C20H18Br2N4O3. The van der Waals surface area contributed by atoms with Crippen LogP contribution in [0.3, 0.4) is 0 Å². The zero-order valence-electron chi connectivity index (χ0n) is 15.6. The number of carbonyl (C=O) groups excluding carboxylic acids is 2. The van der Waals surface area contributed by atoms with Gasteiger partial charge in [0.25, 0.3) is 11.8 Å². The van der Waals surface area contributed by atoms with Crippen molar-refractivity contribution in [3.63, 3.8) is 0 Å². The van der Waals surface area contributed by atoms with Crippen LogP contribution in [0.5, 0.6) is 5.75 Å². The number of carbonyl (C=O) groups is 2. The van der Waals surface area contributed by atoms with Crippen LogP contribution in [-0.4, -0.2) is 27.9 Å². The monoisotopic (exact) mass is 520 g/mol. The fraction of sp³-hybridized carbons (Fsp3) is 0.150. The van der Waals surface area contributed by atoms with E-state index in [-0.39, 0.29) is 17.9 Å². The minimum atomic E-state index is -0.337. The smallest absolute Gasteiger partial charge is 0.272 e. The van der Waals surface area contributed by atoms with Gasteiger partial charge in [-0.2, -0.15) is 0 Å². The van der Waals surface area contributed by atoms with Crippen molar-refractivity contribution in [1.82, 2.24) is 9.97 Å². The molecule has 0 saturated heterocycles. The van der Waals surface area contributed by atoms with Crippen molar-refractivity contribution in [3.05, 3.63) is 69.0 Å². The fourth-order valence-electron chi connectivity index (χ4n) is 2.46. The molecule has 3 N–H and O–H groups in total. The number of halogens is 2. The van der Waals surface area contributed by atoms with Crippen LogP contribution in [0.25, 0.3) is 0 Å². The van der Waals surface area contributed by atoms with E-state index in [0.717, 1.165) is 4.47 Å². The van der Waals surface area contributed by atoms with Gasteiger partial charge in [0.15, 0.2) is 0 Å². The Morgan fingerprint density at radius 1 is 1.07 bits per heavy atom. The van der Waals surface area contributed by atoms with E-state index in [0.29, 0.717) is 33.1 Å². The zero-order chi connectivity index (χ0) is 21.0. The van der Waals surface area contributed by atoms with E-state index < -0.39 is 0 Å². The summed E-state index contributed by atoms with van der Waals surface area (Å²) in [5, 5.41) is 5.53. The first-order chi connectivity index (χ1) is 13.8. The van der Waals surface area contributed by atoms with Crippen molar-refractivity contribution in [2.45, 2.75) is 20.0 Å². The SMILES string of the molecule is CC(C)Oc1cc(C(=O)Nc2ccccn2)ccc1NC(=O)c1cc(Br)c(Br)[nH]1. The number of nitrogens with zero attached hydrogens (tertiary/aromatic N) is 1. The molecule has 9 heteroatoms. The molecule has 3 aromatic rings. The minimum Gasteiger partial charge on any atom is -0.489 e. The summed E-state index contributed by atoms with van der Waals surface area (Å²) in [5.74, 6) is 0.180. The number of hydrogen-bond acceptors (Lipinski definition) is 4. The van der Waals surface area contributed by atoms with Crippen molar-refractivity contribution < 1.29 is 14.3 Å². The first-order valence-electron chi connectivity index (χ1n) is 8.72. The lowest BCUT2D eigenvalue weighted by atomic mass is 10.1. The number of benzene rings is 1. The highest BCUT2D eigenvalue weighted by molar-refractivity contribution is 9.13. The first kappa shape index (κ1) is 21.1. The second-order valence-electron chi connectivity index (χ2n) is 6.35. The summed E-state index contributed by atoms with van der Waals surface area (Å²) in [6, 6.07) is 11.8. The Hall–Kier alpha value is -2.65. The van der Waals surface area contributed by atoms with Crippen molar-refractivity contribution >= 4 is 55.2 Å². The number of amides is 2. The van der Waals surface area contributed by atoms with Gasteiger partial charge in [-0.25, -0.2) is 4.98 Å². The number of anilines is 2. The number of hydrogen-bond donors (Lipinski definition) is 3. The molecule has 0 spiro atoms. The molecular weight excluding hydrogens is 504 g/mol. The Labute approximate surface area is 184 Å². The van der Waals surface area contributed by atoms with Crippen molar-refractivity contribution in [1.29, 1.82) is 0 Å². The third kappa shape index (κ3) is 5.45. The molecule has 2 aromatic heterocycles. The Balaban J connectivity index is 1.83. The minimum absolute atomic E-state index is 0.145. The lowest BCUT2D eigenvalue weighted by Gasteiger charge is -2.16. The quantitative estimate of drug-likeness (QED) is 0.414. The lowest BCUT2D eigenvalue weighted by molar-refractivity contribution is 0.101. The van der Waals surface area contributed by atoms with E-state index in [9.17, 15) is 9.59 Å². The number of ether oxygens (including phenoxy) is 1. The van der Waals surface area contributed by atoms with Gasteiger partial charge >= 0.3 is 0 Å². The molecule has 0 saturated carbocycles. The van der Waals surface area contributed by atoms with Gasteiger partial charge in [-0.15, -0.1) is 0 Å². The Morgan fingerprint density at radius 3 is 2.48 bits per heavy atom. The third-order valence-electron chi connectivity index (χ3n) is 3.73. The van der Waals surface area contributed by atoms with E-state index in [1.54, 1.807) is 48.7 Å². The van der Waals surface area contributed by atoms with Gasteiger partial charge in [-0.05, 0) is 82.1 Å². The van der Waals surface area contributed by atoms with Crippen LogP contribution in [0.1, 0.15) is 34.7 Å². The highest BCUT2D eigenvalue weighted by atomic mass is 79.9. The maximum absolute atomic E-state index is 12.6. The zero-order valence-corrected chi connectivity index (χ0v) is 18.8. The summed E-state index contributed by atoms with van der Waals surface area (Å²) in [7, 11) is 0. The van der Waals surface area contributed by atoms with Gasteiger partial charge in [0.2, 0.25) is 0 Å². The van der Waals surface area contributed by atoms with E-state index in [2.05, 4.69) is 52.5 Å². The topological polar surface area (TPSA) is 96.1 Å². The maximum Gasteiger partial charge on any atom is 0.272 e. The highest BCUT2D eigenvalue weighted by Gasteiger charge is 2.17. The summed E-state index contributed by atoms with van der Waals surface area (Å²) in [4.78, 5) is 32.1. The molecule has 2 amide bonds. The molecule has 0 aliphatic carbocycles. The van der Waals surface area contributed by atoms with Crippen LogP contribution in [0.15, 0.2) is 57.7 Å². The van der Waals surface area contributed by atoms with E-state index >= 15 is 0 Å². The molecule has 1 aromatic carbocycles. The van der Waals surface area contributed by atoms with Crippen molar-refractivity contribution in [3.8, 4) is 5.75 Å². The Kier molecular flexibility index (Phi) is 6.71. The summed E-state index contributed by atoms with van der Waals surface area (Å²) in [5.41, 5.74) is 1.21. The lowest BCUT2D eigenvalue weighted by Crippen LogP contribution is -2.17. The van der Waals surface area contributed by atoms with Gasteiger partial charge in [-0.3, -0.25) is 9.59 Å². The van der Waals surface area contributed by atoms with Crippen LogP contribution >= 0.6 is 31.9 Å². The van der Waals surface area contributed by atoms with Gasteiger partial charge in [0.05, 0.1) is 20.9 Å². The molecule has 0 aliphatic rings. The van der Waals surface area contributed by atoms with Crippen LogP contribution in [0.2, 0.25) is 0 Å². The normalized spacial score (nSPS) is 10.7. The summed E-state index contributed by atoms with van der Waals surface area (Å²) < 4.78 is 7.22. The third-order valence-corrected chi connectivity index (χ3v) is 5.51. The first-order valence-corrected chi connectivity index (χ1v) is 10.3. The Morgan fingerprint density at radius 2 is 1.86 bits per heavy atom. The van der Waals surface area contributed by atoms with E-state index in [1.807, 2.05) is 13.8 Å². The van der Waals surface area contributed by atoms with Crippen LogP contribution in [0.4, 0.5) is 11.5 Å². The van der Waals surface area contributed by atoms with Crippen molar-refractivity contribution in [2.75, 3.05) is 10.6 Å². The standard InChI is InChI=1S/C20H18Br2N4O3/c1-11(2)29-16-9-12(19(27)26-17-5-3-4-8-23-17)6-7-14(16)25-20(28)15-10-13(21)18(22)24-15/h3-11,24H,1-2H3,(H,25,28)(H,23,26,27). The Bertz CT molecular complexity index is 1020. The van der Waals surface area contributed by atoms with E-state index in [1.165, 1.54) is 0 Å². The molecule has 0 unspecified atom stereocenters. The van der Waals surface area contributed by atoms with E-state index in [4.69, 9.17) is 4.74 Å². The molecule has 0 atom stereocenters. The molecule has 0 fully saturated rings. The van der Waals surface area contributed by atoms with Crippen LogP contribution < -0.4 is 15.4 Å². The average molecular weight is 522 g/mol. The predicted molar refractivity (Wildman–Crippen MR) is 119 cm³/mol. The number of rotatable bonds is 6. The number of pyridine rings is 1. The number of H-pyrrole nitrogens is 1. The number of aromatic nitrogens is 2. The maximum atomic E-state index is 12.6. The van der Waals surface area contributed by atoms with Gasteiger partial charge in [0, 0.05) is 11.8 Å². The number of aromatic amines is 1. The molecule has 0 radical (unpaired) electrons. The summed E-state index contributed by atoms with van der Waals surface area (Å²) >= 11 is 6.65. The second-order valence-corrected chi connectivity index (χ2v) is 7.99. The van der Waals surface area contributed by atoms with Crippen LogP contribution in [0, 0.1) is 0 Å². The molecule has 29 heavy (non-hydrogen) atoms. The average Bonchev–Trinajstić information content (AvgIpc) is 3.02. The van der Waals surface area contributed by atoms with Gasteiger partial charge < -0.3 is 20.4 Å². The summed E-state index contributed by atoms with van der Waals surface area (Å²) in [6.45, 7) is 3.73. The molecule has 2 heterocycles. The summed E-state index contributed by atoms with van der Waals surface area (Å²) in [6.07, 6.45) is 1.45. The number of nitrogens with one attached hydrogen (secondary N) is 3. The van der Waals surface area contributed by atoms with Gasteiger partial charge in [0.1, 0.15) is 17.3 Å². The molecule has 0 bridgehead atoms. The van der Waals surface area contributed by atoms with Gasteiger partial charge in [-0.1, -0.05) is 6.07 Å². The highest BCUT2D eigenvalue weighted by Crippen LogP contribution is 2.29.